The Morgan fingerprint density at radius 1 is 0.974 bits per heavy atom. The Balaban J connectivity index is 2.19. The second-order valence-electron chi connectivity index (χ2n) is 9.49. The number of unbranched alkanes of at least 4 members (excludes halogenated alkanes) is 2. The lowest BCUT2D eigenvalue weighted by Crippen LogP contribution is -2.34. The number of hydrogen-bond donors (Lipinski definition) is 1. The van der Waals surface area contributed by atoms with Crippen molar-refractivity contribution >= 4 is 0 Å². The van der Waals surface area contributed by atoms with Crippen LogP contribution in [0.1, 0.15) is 75.6 Å². The smallest absolute Gasteiger partial charge is 0.430 e. The standard InChI is InChI=1S/C30H37F6NO/c1-5-21(3)12-8-7-11-19-38-26-14-10-9-13-24(26)20-22(4)28(37-27(6-2)30(34,35)36)23-15-17-25(18-16-23)29(31,32)33/h6,9-10,13-18,22,28,37H,3,5,7-8,11-12,19-20H2,1-2,4H3/b27-6-. The van der Waals surface area contributed by atoms with Crippen LogP contribution in [0.15, 0.2) is 72.5 Å². The molecule has 0 aliphatic carbocycles. The Morgan fingerprint density at radius 3 is 2.21 bits per heavy atom. The number of ether oxygens (including phenoxy) is 1. The van der Waals surface area contributed by atoms with Crippen molar-refractivity contribution < 1.29 is 31.1 Å². The number of allylic oxidation sites excluding steroid dienone is 3. The van der Waals surface area contributed by atoms with Crippen LogP contribution < -0.4 is 10.1 Å². The van der Waals surface area contributed by atoms with E-state index in [0.29, 0.717) is 24.3 Å². The molecule has 0 radical (unpaired) electrons. The highest BCUT2D eigenvalue weighted by molar-refractivity contribution is 5.35. The maximum Gasteiger partial charge on any atom is 0.430 e. The van der Waals surface area contributed by atoms with Gasteiger partial charge in [0.1, 0.15) is 11.4 Å². The van der Waals surface area contributed by atoms with E-state index in [9.17, 15) is 26.3 Å². The number of nitrogens with one attached hydrogen (secondary N) is 1. The molecule has 210 valence electrons. The monoisotopic (exact) mass is 541 g/mol. The molecule has 0 heterocycles. The molecule has 38 heavy (non-hydrogen) atoms. The zero-order chi connectivity index (χ0) is 28.3. The maximum atomic E-state index is 13.6. The fourth-order valence-corrected chi connectivity index (χ4v) is 4.22. The Kier molecular flexibility index (Phi) is 11.8. The average molecular weight is 542 g/mol. The lowest BCUT2D eigenvalue weighted by atomic mass is 9.88. The highest BCUT2D eigenvalue weighted by Gasteiger charge is 2.36. The molecule has 2 aromatic rings. The van der Waals surface area contributed by atoms with E-state index in [4.69, 9.17) is 4.74 Å². The van der Waals surface area contributed by atoms with Gasteiger partial charge in [0, 0.05) is 0 Å². The Bertz CT molecular complexity index is 1040. The largest absolute Gasteiger partial charge is 0.493 e. The molecule has 0 bridgehead atoms. The minimum atomic E-state index is -4.62. The number of hydrogen-bond acceptors (Lipinski definition) is 2. The molecule has 2 unspecified atom stereocenters. The average Bonchev–Trinajstić information content (AvgIpc) is 2.86. The molecule has 2 atom stereocenters. The van der Waals surface area contributed by atoms with Crippen molar-refractivity contribution in [3.8, 4) is 5.75 Å². The van der Waals surface area contributed by atoms with E-state index in [1.807, 2.05) is 24.3 Å². The van der Waals surface area contributed by atoms with E-state index in [0.717, 1.165) is 55.9 Å². The summed E-state index contributed by atoms with van der Waals surface area (Å²) in [7, 11) is 0. The van der Waals surface area contributed by atoms with E-state index in [1.54, 1.807) is 6.92 Å². The van der Waals surface area contributed by atoms with Gasteiger partial charge in [0.05, 0.1) is 18.2 Å². The first-order valence-corrected chi connectivity index (χ1v) is 12.9. The zero-order valence-corrected chi connectivity index (χ0v) is 22.2. The van der Waals surface area contributed by atoms with Crippen molar-refractivity contribution in [3.63, 3.8) is 0 Å². The molecule has 2 rings (SSSR count). The molecule has 0 aromatic heterocycles. The van der Waals surface area contributed by atoms with Crippen molar-refractivity contribution in [3.05, 3.63) is 89.1 Å². The predicted molar refractivity (Wildman–Crippen MR) is 140 cm³/mol. The van der Waals surface area contributed by atoms with Crippen molar-refractivity contribution in [2.24, 2.45) is 5.92 Å². The summed E-state index contributed by atoms with van der Waals surface area (Å²) in [6.07, 6.45) is -2.98. The summed E-state index contributed by atoms with van der Waals surface area (Å²) >= 11 is 0. The van der Waals surface area contributed by atoms with Crippen LogP contribution >= 0.6 is 0 Å². The fourth-order valence-electron chi connectivity index (χ4n) is 4.22. The predicted octanol–water partition coefficient (Wildman–Crippen LogP) is 9.59. The molecular weight excluding hydrogens is 504 g/mol. The molecule has 0 fully saturated rings. The first-order chi connectivity index (χ1) is 17.9. The molecule has 2 aromatic carbocycles. The van der Waals surface area contributed by atoms with Crippen LogP contribution in [-0.4, -0.2) is 12.8 Å². The summed E-state index contributed by atoms with van der Waals surface area (Å²) in [6, 6.07) is 10.7. The maximum absolute atomic E-state index is 13.6. The van der Waals surface area contributed by atoms with Gasteiger partial charge in [-0.1, -0.05) is 62.4 Å². The number of benzene rings is 2. The van der Waals surface area contributed by atoms with Gasteiger partial charge in [-0.05, 0) is 80.7 Å². The first-order valence-electron chi connectivity index (χ1n) is 12.9. The first kappa shape index (κ1) is 31.3. The third-order valence-corrected chi connectivity index (χ3v) is 6.52. The lowest BCUT2D eigenvalue weighted by Gasteiger charge is -2.29. The van der Waals surface area contributed by atoms with Gasteiger partial charge >= 0.3 is 12.4 Å². The number of rotatable bonds is 14. The van der Waals surface area contributed by atoms with E-state index in [2.05, 4.69) is 18.8 Å². The molecule has 0 saturated heterocycles. The van der Waals surface area contributed by atoms with Crippen LogP contribution in [0.4, 0.5) is 26.3 Å². The molecule has 0 aliphatic heterocycles. The quantitative estimate of drug-likeness (QED) is 0.146. The van der Waals surface area contributed by atoms with Gasteiger partial charge in [-0.2, -0.15) is 26.3 Å². The molecule has 8 heteroatoms. The van der Waals surface area contributed by atoms with Crippen LogP contribution in [0.5, 0.6) is 5.75 Å². The van der Waals surface area contributed by atoms with Gasteiger partial charge < -0.3 is 10.1 Å². The minimum Gasteiger partial charge on any atom is -0.493 e. The fraction of sp³-hybridized carbons (Fsp3) is 0.467. The van der Waals surface area contributed by atoms with Gasteiger partial charge in [-0.3, -0.25) is 0 Å². The molecule has 0 spiro atoms. The van der Waals surface area contributed by atoms with Crippen molar-refractivity contribution in [1.29, 1.82) is 0 Å². The summed E-state index contributed by atoms with van der Waals surface area (Å²) in [6.45, 7) is 9.66. The Morgan fingerprint density at radius 2 is 1.63 bits per heavy atom. The molecule has 1 N–H and O–H groups in total. The molecule has 0 aliphatic rings. The van der Waals surface area contributed by atoms with Gasteiger partial charge in [-0.15, -0.1) is 0 Å². The second kappa shape index (κ2) is 14.3. The summed E-state index contributed by atoms with van der Waals surface area (Å²) in [5.74, 6) is 0.249. The highest BCUT2D eigenvalue weighted by atomic mass is 19.4. The number of para-hydroxylation sites is 1. The summed E-state index contributed by atoms with van der Waals surface area (Å²) in [5, 5.41) is 2.54. The number of halogens is 6. The van der Waals surface area contributed by atoms with Gasteiger partial charge in [0.2, 0.25) is 0 Å². The van der Waals surface area contributed by atoms with Crippen LogP contribution in [-0.2, 0) is 12.6 Å². The zero-order valence-electron chi connectivity index (χ0n) is 22.2. The normalized spacial score (nSPS) is 14.2. The summed E-state index contributed by atoms with van der Waals surface area (Å²) in [5.41, 5.74) is 0.596. The van der Waals surface area contributed by atoms with Crippen LogP contribution in [0, 0.1) is 5.92 Å². The van der Waals surface area contributed by atoms with Gasteiger partial charge in [-0.25, -0.2) is 0 Å². The van der Waals surface area contributed by atoms with Crippen LogP contribution in [0.25, 0.3) is 0 Å². The molecule has 0 saturated carbocycles. The molecule has 0 amide bonds. The van der Waals surface area contributed by atoms with Crippen molar-refractivity contribution in [2.45, 2.75) is 77.7 Å². The van der Waals surface area contributed by atoms with Crippen molar-refractivity contribution in [2.75, 3.05) is 6.61 Å². The number of alkyl halides is 6. The summed E-state index contributed by atoms with van der Waals surface area (Å²) < 4.78 is 85.9. The van der Waals surface area contributed by atoms with E-state index in [-0.39, 0.29) is 0 Å². The second-order valence-corrected chi connectivity index (χ2v) is 9.49. The van der Waals surface area contributed by atoms with Crippen LogP contribution in [0.2, 0.25) is 0 Å². The lowest BCUT2D eigenvalue weighted by molar-refractivity contribution is -0.137. The summed E-state index contributed by atoms with van der Waals surface area (Å²) in [4.78, 5) is 0. The molecule has 2 nitrogen and oxygen atoms in total. The van der Waals surface area contributed by atoms with Gasteiger partial charge in [0.25, 0.3) is 0 Å². The Labute approximate surface area is 221 Å². The SMILES string of the molecule is C=C(CC)CCCCCOc1ccccc1CC(C)C(N/C(=C\C)C(F)(F)F)c1ccc(C(F)(F)F)cc1. The molecular formula is C30H37F6NO. The Hall–Kier alpha value is -2.90. The minimum absolute atomic E-state index is 0.334. The van der Waals surface area contributed by atoms with Crippen LogP contribution in [0.3, 0.4) is 0 Å². The van der Waals surface area contributed by atoms with E-state index < -0.39 is 35.6 Å². The third kappa shape index (κ3) is 9.76. The van der Waals surface area contributed by atoms with E-state index >= 15 is 0 Å². The van der Waals surface area contributed by atoms with E-state index in [1.165, 1.54) is 24.6 Å². The van der Waals surface area contributed by atoms with Gasteiger partial charge in [0.15, 0.2) is 0 Å². The third-order valence-electron chi connectivity index (χ3n) is 6.52. The van der Waals surface area contributed by atoms with Crippen molar-refractivity contribution in [1.82, 2.24) is 5.32 Å². The topological polar surface area (TPSA) is 21.3 Å². The highest BCUT2D eigenvalue weighted by Crippen LogP contribution is 2.35.